The van der Waals surface area contributed by atoms with Crippen molar-refractivity contribution >= 4 is 17.3 Å². The van der Waals surface area contributed by atoms with E-state index in [2.05, 4.69) is 21.7 Å². The molecule has 17 heavy (non-hydrogen) atoms. The summed E-state index contributed by atoms with van der Waals surface area (Å²) in [7, 11) is 0. The molecule has 0 aromatic carbocycles. The van der Waals surface area contributed by atoms with E-state index in [9.17, 15) is 0 Å². The van der Waals surface area contributed by atoms with Gasteiger partial charge in [-0.05, 0) is 30.9 Å². The highest BCUT2D eigenvalue weighted by atomic mass is 35.5. The van der Waals surface area contributed by atoms with E-state index in [1.807, 2.05) is 0 Å². The average Bonchev–Trinajstić information content (AvgIpc) is 2.95. The van der Waals surface area contributed by atoms with Crippen LogP contribution in [0, 0.1) is 0 Å². The van der Waals surface area contributed by atoms with Gasteiger partial charge in [-0.25, -0.2) is 4.98 Å². The van der Waals surface area contributed by atoms with Gasteiger partial charge in [-0.3, -0.25) is 0 Å². The molecule has 1 atom stereocenters. The standard InChI is InChI=1S/C13H18ClN3/c14-13-12-9(5-6-15-13)7-11(17-12)8-16-10-3-1-2-4-10/h5-6,10-11,16-17H,1-4,7-8H2. The highest BCUT2D eigenvalue weighted by Gasteiger charge is 2.24. The zero-order chi connectivity index (χ0) is 11.7. The number of fused-ring (bicyclic) bond motifs is 1. The van der Waals surface area contributed by atoms with E-state index >= 15 is 0 Å². The molecule has 0 amide bonds. The fourth-order valence-electron chi connectivity index (χ4n) is 2.88. The first-order valence-electron chi connectivity index (χ1n) is 6.46. The maximum atomic E-state index is 6.07. The van der Waals surface area contributed by atoms with E-state index in [1.165, 1.54) is 31.2 Å². The van der Waals surface area contributed by atoms with Gasteiger partial charge in [-0.15, -0.1) is 0 Å². The molecule has 1 aliphatic heterocycles. The Balaban J connectivity index is 1.56. The molecule has 2 aliphatic rings. The van der Waals surface area contributed by atoms with Crippen molar-refractivity contribution in [2.75, 3.05) is 11.9 Å². The third-order valence-electron chi connectivity index (χ3n) is 3.81. The van der Waals surface area contributed by atoms with Crippen molar-refractivity contribution in [2.24, 2.45) is 0 Å². The molecule has 1 aromatic heterocycles. The minimum Gasteiger partial charge on any atom is -0.378 e. The summed E-state index contributed by atoms with van der Waals surface area (Å²) in [5.74, 6) is 0. The number of aromatic nitrogens is 1. The predicted molar refractivity (Wildman–Crippen MR) is 70.6 cm³/mol. The fourth-order valence-corrected chi connectivity index (χ4v) is 3.11. The largest absolute Gasteiger partial charge is 0.378 e. The number of nitrogens with one attached hydrogen (secondary N) is 2. The normalized spacial score (nSPS) is 23.7. The molecule has 0 bridgehead atoms. The van der Waals surface area contributed by atoms with Gasteiger partial charge in [0.2, 0.25) is 0 Å². The molecule has 1 unspecified atom stereocenters. The summed E-state index contributed by atoms with van der Waals surface area (Å²) >= 11 is 6.07. The van der Waals surface area contributed by atoms with Crippen LogP contribution >= 0.6 is 11.6 Å². The summed E-state index contributed by atoms with van der Waals surface area (Å²) in [6.45, 7) is 1.02. The zero-order valence-corrected chi connectivity index (χ0v) is 10.6. The molecular weight excluding hydrogens is 234 g/mol. The molecule has 1 fully saturated rings. The Bertz CT molecular complexity index is 402. The summed E-state index contributed by atoms with van der Waals surface area (Å²) in [5, 5.41) is 7.72. The zero-order valence-electron chi connectivity index (χ0n) is 9.88. The molecule has 92 valence electrons. The highest BCUT2D eigenvalue weighted by molar-refractivity contribution is 6.32. The lowest BCUT2D eigenvalue weighted by molar-refractivity contribution is 0.501. The molecular formula is C13H18ClN3. The van der Waals surface area contributed by atoms with Crippen LogP contribution in [0.3, 0.4) is 0 Å². The first kappa shape index (κ1) is 11.3. The minimum absolute atomic E-state index is 0.465. The molecule has 4 heteroatoms. The minimum atomic E-state index is 0.465. The van der Waals surface area contributed by atoms with E-state index in [-0.39, 0.29) is 0 Å². The van der Waals surface area contributed by atoms with Crippen molar-refractivity contribution in [1.29, 1.82) is 0 Å². The quantitative estimate of drug-likeness (QED) is 0.811. The summed E-state index contributed by atoms with van der Waals surface area (Å²) in [4.78, 5) is 4.11. The van der Waals surface area contributed by atoms with Crippen LogP contribution in [0.2, 0.25) is 5.15 Å². The molecule has 2 N–H and O–H groups in total. The van der Waals surface area contributed by atoms with Crippen molar-refractivity contribution in [1.82, 2.24) is 10.3 Å². The number of pyridine rings is 1. The Morgan fingerprint density at radius 2 is 2.24 bits per heavy atom. The summed E-state index contributed by atoms with van der Waals surface area (Å²) < 4.78 is 0. The number of halogens is 1. The Morgan fingerprint density at radius 3 is 3.00 bits per heavy atom. The van der Waals surface area contributed by atoms with Crippen molar-refractivity contribution in [2.45, 2.75) is 44.2 Å². The first-order valence-corrected chi connectivity index (χ1v) is 6.84. The van der Waals surface area contributed by atoms with Gasteiger partial charge >= 0.3 is 0 Å². The van der Waals surface area contributed by atoms with Crippen molar-refractivity contribution < 1.29 is 0 Å². The van der Waals surface area contributed by atoms with Gasteiger partial charge in [0.05, 0.1) is 5.69 Å². The summed E-state index contributed by atoms with van der Waals surface area (Å²) in [5.41, 5.74) is 2.33. The second-order valence-electron chi connectivity index (χ2n) is 5.07. The molecule has 0 radical (unpaired) electrons. The molecule has 3 nitrogen and oxygen atoms in total. The molecule has 0 saturated heterocycles. The third-order valence-corrected chi connectivity index (χ3v) is 4.10. The monoisotopic (exact) mass is 251 g/mol. The van der Waals surface area contributed by atoms with Gasteiger partial charge < -0.3 is 10.6 Å². The topological polar surface area (TPSA) is 37.0 Å². The molecule has 3 rings (SSSR count). The van der Waals surface area contributed by atoms with Crippen LogP contribution in [0.15, 0.2) is 12.3 Å². The smallest absolute Gasteiger partial charge is 0.152 e. The Labute approximate surface area is 107 Å². The van der Waals surface area contributed by atoms with Crippen LogP contribution in [0.25, 0.3) is 0 Å². The lowest BCUT2D eigenvalue weighted by atomic mass is 10.1. The van der Waals surface area contributed by atoms with Crippen LogP contribution in [-0.4, -0.2) is 23.6 Å². The Morgan fingerprint density at radius 1 is 1.41 bits per heavy atom. The molecule has 0 spiro atoms. The second kappa shape index (κ2) is 4.83. The van der Waals surface area contributed by atoms with E-state index in [4.69, 9.17) is 11.6 Å². The second-order valence-corrected chi connectivity index (χ2v) is 5.43. The predicted octanol–water partition coefficient (Wildman–Crippen LogP) is 2.60. The van der Waals surface area contributed by atoms with E-state index < -0.39 is 0 Å². The number of rotatable bonds is 3. The van der Waals surface area contributed by atoms with Gasteiger partial charge in [-0.2, -0.15) is 0 Å². The highest BCUT2D eigenvalue weighted by Crippen LogP contribution is 2.31. The van der Waals surface area contributed by atoms with Crippen molar-refractivity contribution in [3.05, 3.63) is 23.0 Å². The van der Waals surface area contributed by atoms with Gasteiger partial charge in [0.1, 0.15) is 0 Å². The van der Waals surface area contributed by atoms with E-state index in [0.29, 0.717) is 11.2 Å². The van der Waals surface area contributed by atoms with Gasteiger partial charge in [0.25, 0.3) is 0 Å². The maximum absolute atomic E-state index is 6.07. The van der Waals surface area contributed by atoms with Gasteiger partial charge in [-0.1, -0.05) is 24.4 Å². The van der Waals surface area contributed by atoms with Crippen LogP contribution < -0.4 is 10.6 Å². The van der Waals surface area contributed by atoms with E-state index in [1.54, 1.807) is 6.20 Å². The number of hydrogen-bond acceptors (Lipinski definition) is 3. The van der Waals surface area contributed by atoms with Crippen LogP contribution in [0.1, 0.15) is 31.2 Å². The maximum Gasteiger partial charge on any atom is 0.152 e. The van der Waals surface area contributed by atoms with Gasteiger partial charge in [0.15, 0.2) is 5.15 Å². The number of anilines is 1. The number of hydrogen-bond donors (Lipinski definition) is 2. The van der Waals surface area contributed by atoms with Gasteiger partial charge in [0, 0.05) is 24.8 Å². The summed E-state index contributed by atoms with van der Waals surface area (Å²) in [6, 6.07) is 3.26. The van der Waals surface area contributed by atoms with E-state index in [0.717, 1.165) is 24.7 Å². The number of nitrogens with zero attached hydrogens (tertiary/aromatic N) is 1. The summed E-state index contributed by atoms with van der Waals surface area (Å²) in [6.07, 6.45) is 8.27. The fraction of sp³-hybridized carbons (Fsp3) is 0.615. The molecule has 1 aromatic rings. The first-order chi connectivity index (χ1) is 8.33. The van der Waals surface area contributed by atoms with Crippen molar-refractivity contribution in [3.8, 4) is 0 Å². The lowest BCUT2D eigenvalue weighted by Crippen LogP contribution is -2.36. The SMILES string of the molecule is Clc1nccc2c1NC(CNC1CCCC1)C2. The average molecular weight is 252 g/mol. The molecule has 1 saturated carbocycles. The van der Waals surface area contributed by atoms with Crippen molar-refractivity contribution in [3.63, 3.8) is 0 Å². The Hall–Kier alpha value is -0.800. The Kier molecular flexibility index (Phi) is 3.21. The van der Waals surface area contributed by atoms with Crippen LogP contribution in [0.4, 0.5) is 5.69 Å². The molecule has 2 heterocycles. The van der Waals surface area contributed by atoms with Crippen LogP contribution in [-0.2, 0) is 6.42 Å². The third kappa shape index (κ3) is 2.40. The molecule has 1 aliphatic carbocycles. The van der Waals surface area contributed by atoms with Crippen LogP contribution in [0.5, 0.6) is 0 Å². The lowest BCUT2D eigenvalue weighted by Gasteiger charge is -2.16.